The molecule has 0 bridgehead atoms. The Balaban J connectivity index is 1.79. The molecule has 0 atom stereocenters. The highest BCUT2D eigenvalue weighted by Crippen LogP contribution is 2.40. The van der Waals surface area contributed by atoms with Crippen LogP contribution in [0.15, 0.2) is 54.9 Å². The number of nitrogens with zero attached hydrogens (tertiary/aromatic N) is 2. The Morgan fingerprint density at radius 1 is 0.968 bits per heavy atom. The van der Waals surface area contributed by atoms with E-state index in [1.54, 1.807) is 18.3 Å². The van der Waals surface area contributed by atoms with E-state index in [1.807, 2.05) is 55.2 Å². The highest BCUT2D eigenvalue weighted by atomic mass is 16.3. The lowest BCUT2D eigenvalue weighted by molar-refractivity contribution is -0.122. The standard InChI is InChI=1S/C24H22N4O3/c1-27(2)10-11-28-13-16(20-18(28)8-5-9-19(20)29)22-21(23(30)26-24(22)31)15-12-25-17-7-4-3-6-14(15)17/h3-9,12-13,25,29H,10-11H2,1-2H3,(H,26,30,31). The van der Waals surface area contributed by atoms with Crippen molar-refractivity contribution in [1.82, 2.24) is 19.8 Å². The van der Waals surface area contributed by atoms with Crippen molar-refractivity contribution in [2.45, 2.75) is 6.54 Å². The summed E-state index contributed by atoms with van der Waals surface area (Å²) in [5.41, 5.74) is 3.51. The number of likely N-dealkylation sites (N-methyl/N-ethyl adjacent to an activating group) is 1. The molecule has 31 heavy (non-hydrogen) atoms. The van der Waals surface area contributed by atoms with Crippen LogP contribution in [0, 0.1) is 0 Å². The Morgan fingerprint density at radius 3 is 2.48 bits per heavy atom. The summed E-state index contributed by atoms with van der Waals surface area (Å²) >= 11 is 0. The minimum absolute atomic E-state index is 0.0778. The van der Waals surface area contributed by atoms with E-state index >= 15 is 0 Å². The largest absolute Gasteiger partial charge is 0.507 e. The van der Waals surface area contributed by atoms with E-state index in [9.17, 15) is 14.7 Å². The van der Waals surface area contributed by atoms with E-state index in [4.69, 9.17) is 0 Å². The molecule has 156 valence electrons. The molecule has 3 N–H and O–H groups in total. The minimum atomic E-state index is -0.458. The second-order valence-corrected chi connectivity index (χ2v) is 7.99. The molecule has 0 fully saturated rings. The smallest absolute Gasteiger partial charge is 0.259 e. The Bertz CT molecular complexity index is 1390. The predicted molar refractivity (Wildman–Crippen MR) is 120 cm³/mol. The summed E-state index contributed by atoms with van der Waals surface area (Å²) < 4.78 is 2.01. The van der Waals surface area contributed by atoms with Crippen molar-refractivity contribution in [2.24, 2.45) is 0 Å². The number of fused-ring (bicyclic) bond motifs is 2. The van der Waals surface area contributed by atoms with Crippen LogP contribution in [0.3, 0.4) is 0 Å². The summed E-state index contributed by atoms with van der Waals surface area (Å²) in [6, 6.07) is 12.9. The van der Waals surface area contributed by atoms with Gasteiger partial charge in [0.1, 0.15) is 5.75 Å². The number of amides is 2. The number of aromatic hydroxyl groups is 1. The summed E-state index contributed by atoms with van der Waals surface area (Å²) in [6.45, 7) is 1.47. The van der Waals surface area contributed by atoms with Gasteiger partial charge >= 0.3 is 0 Å². The first-order valence-electron chi connectivity index (χ1n) is 10.1. The second-order valence-electron chi connectivity index (χ2n) is 7.99. The zero-order valence-electron chi connectivity index (χ0n) is 17.3. The lowest BCUT2D eigenvalue weighted by Crippen LogP contribution is -2.22. The van der Waals surface area contributed by atoms with Gasteiger partial charge in [-0.2, -0.15) is 0 Å². The number of benzene rings is 2. The molecule has 0 saturated carbocycles. The molecule has 7 heteroatoms. The Morgan fingerprint density at radius 2 is 1.71 bits per heavy atom. The van der Waals surface area contributed by atoms with Crippen molar-refractivity contribution in [3.8, 4) is 5.75 Å². The lowest BCUT2D eigenvalue weighted by atomic mass is 9.95. The number of aromatic amines is 1. The van der Waals surface area contributed by atoms with Crippen LogP contribution in [0.25, 0.3) is 33.0 Å². The van der Waals surface area contributed by atoms with E-state index in [2.05, 4.69) is 15.2 Å². The van der Waals surface area contributed by atoms with Gasteiger partial charge < -0.3 is 19.6 Å². The van der Waals surface area contributed by atoms with Crippen molar-refractivity contribution < 1.29 is 14.7 Å². The van der Waals surface area contributed by atoms with Gasteiger partial charge in [0.15, 0.2) is 0 Å². The highest BCUT2D eigenvalue weighted by Gasteiger charge is 2.35. The zero-order chi connectivity index (χ0) is 21.7. The van der Waals surface area contributed by atoms with Gasteiger partial charge in [-0.05, 0) is 32.3 Å². The Kier molecular flexibility index (Phi) is 4.41. The molecule has 7 nitrogen and oxygen atoms in total. The van der Waals surface area contributed by atoms with Crippen LogP contribution in [0.5, 0.6) is 5.75 Å². The van der Waals surface area contributed by atoms with E-state index in [1.165, 1.54) is 0 Å². The van der Waals surface area contributed by atoms with Gasteiger partial charge in [0.2, 0.25) is 0 Å². The molecule has 2 aromatic heterocycles. The molecule has 3 heterocycles. The number of carbonyl (C=O) groups excluding carboxylic acids is 2. The number of carbonyl (C=O) groups is 2. The van der Waals surface area contributed by atoms with Gasteiger partial charge in [0.25, 0.3) is 11.8 Å². The van der Waals surface area contributed by atoms with Crippen LogP contribution in [-0.4, -0.2) is 52.0 Å². The fourth-order valence-electron chi connectivity index (χ4n) is 4.26. The summed E-state index contributed by atoms with van der Waals surface area (Å²) in [5, 5.41) is 14.6. The van der Waals surface area contributed by atoms with Gasteiger partial charge in [-0.1, -0.05) is 24.3 Å². The summed E-state index contributed by atoms with van der Waals surface area (Å²) in [5.74, 6) is -0.816. The number of H-pyrrole nitrogens is 1. The first-order valence-corrected chi connectivity index (χ1v) is 10.1. The molecule has 4 aromatic rings. The maximum absolute atomic E-state index is 13.0. The number of imide groups is 1. The van der Waals surface area contributed by atoms with Crippen molar-refractivity contribution >= 4 is 44.8 Å². The molecule has 2 amide bonds. The number of aromatic nitrogens is 2. The van der Waals surface area contributed by atoms with Crippen molar-refractivity contribution in [3.05, 3.63) is 66.0 Å². The van der Waals surface area contributed by atoms with Crippen LogP contribution in [0.4, 0.5) is 0 Å². The van der Waals surface area contributed by atoms with Crippen LogP contribution in [-0.2, 0) is 16.1 Å². The number of nitrogens with one attached hydrogen (secondary N) is 2. The van der Waals surface area contributed by atoms with E-state index < -0.39 is 11.8 Å². The van der Waals surface area contributed by atoms with Gasteiger partial charge in [-0.25, -0.2) is 0 Å². The first kappa shape index (κ1) is 19.1. The topological polar surface area (TPSA) is 90.4 Å². The third kappa shape index (κ3) is 3.02. The first-order chi connectivity index (χ1) is 15.0. The van der Waals surface area contributed by atoms with Crippen LogP contribution >= 0.6 is 0 Å². The molecule has 5 rings (SSSR count). The Hall–Kier alpha value is -3.84. The SMILES string of the molecule is CN(C)CCn1cc(C2=C(c3c[nH]c4ccccc34)C(=O)NC2=O)c2c(O)cccc21. The number of hydrogen-bond acceptors (Lipinski definition) is 4. The van der Waals surface area contributed by atoms with Crippen molar-refractivity contribution in [1.29, 1.82) is 0 Å². The summed E-state index contributed by atoms with van der Waals surface area (Å²) in [4.78, 5) is 31.1. The Labute approximate surface area is 178 Å². The third-order valence-corrected chi connectivity index (χ3v) is 5.73. The second kappa shape index (κ2) is 7.14. The van der Waals surface area contributed by atoms with E-state index in [0.717, 1.165) is 23.0 Å². The number of para-hydroxylation sites is 1. The zero-order valence-corrected chi connectivity index (χ0v) is 17.3. The minimum Gasteiger partial charge on any atom is -0.507 e. The number of hydrogen-bond donors (Lipinski definition) is 3. The molecule has 0 unspecified atom stereocenters. The average molecular weight is 414 g/mol. The van der Waals surface area contributed by atoms with Crippen LogP contribution in [0.1, 0.15) is 11.1 Å². The van der Waals surface area contributed by atoms with Crippen LogP contribution < -0.4 is 5.32 Å². The van der Waals surface area contributed by atoms with E-state index in [0.29, 0.717) is 28.6 Å². The molecule has 0 aliphatic carbocycles. The molecule has 1 aliphatic rings. The number of rotatable bonds is 5. The predicted octanol–water partition coefficient (Wildman–Crippen LogP) is 2.96. The number of phenolic OH excluding ortho intramolecular Hbond substituents is 1. The molecule has 0 saturated heterocycles. The van der Waals surface area contributed by atoms with Crippen molar-refractivity contribution in [3.63, 3.8) is 0 Å². The van der Waals surface area contributed by atoms with Crippen LogP contribution in [0.2, 0.25) is 0 Å². The number of phenols is 1. The summed E-state index contributed by atoms with van der Waals surface area (Å²) in [7, 11) is 3.98. The molecule has 0 spiro atoms. The molecular weight excluding hydrogens is 392 g/mol. The molecule has 0 radical (unpaired) electrons. The monoisotopic (exact) mass is 414 g/mol. The molecular formula is C24H22N4O3. The normalized spacial score (nSPS) is 14.4. The average Bonchev–Trinajstić information content (AvgIpc) is 3.40. The van der Waals surface area contributed by atoms with Gasteiger partial charge in [-0.3, -0.25) is 14.9 Å². The third-order valence-electron chi connectivity index (χ3n) is 5.73. The van der Waals surface area contributed by atoms with Gasteiger partial charge in [0, 0.05) is 52.9 Å². The van der Waals surface area contributed by atoms with Crippen molar-refractivity contribution in [2.75, 3.05) is 20.6 Å². The maximum Gasteiger partial charge on any atom is 0.259 e. The molecule has 1 aliphatic heterocycles. The lowest BCUT2D eigenvalue weighted by Gasteiger charge is -2.11. The maximum atomic E-state index is 13.0. The van der Waals surface area contributed by atoms with Gasteiger partial charge in [0.05, 0.1) is 16.7 Å². The fraction of sp³-hybridized carbons (Fsp3) is 0.167. The molecule has 2 aromatic carbocycles. The van der Waals surface area contributed by atoms with Gasteiger partial charge in [-0.15, -0.1) is 0 Å². The quantitative estimate of drug-likeness (QED) is 0.438. The highest BCUT2D eigenvalue weighted by molar-refractivity contribution is 6.50. The fourth-order valence-corrected chi connectivity index (χ4v) is 4.26. The summed E-state index contributed by atoms with van der Waals surface area (Å²) in [6.07, 6.45) is 3.61. The van der Waals surface area contributed by atoms with E-state index in [-0.39, 0.29) is 11.3 Å².